The average molecular weight is 1820 g/mol. The minimum absolute atomic E-state index is 0.00301. The minimum Gasteiger partial charge on any atom is -0.481 e. The SMILES string of the molecule is CCCCCCCCCCCCO.CCCCCCCCCCCCOC(=O)CCC(CP(=O)(O)O)C(=O)O.CCCCCCCCCCCCOC(=O)CCC(CP(=O)(O)O)C(=O)OC(C)(C)C.CCCCCCCCCCCCOC(=O)CCC(CP(C)(=O)OCC)C(=O)OC(C)(C)C.CCOP(C)(=O)CC(CCC(=O)O)C(=O)OC(C)(C)C. The largest absolute Gasteiger partial charge is 0.481 e. The molecular weight excluding hydrogens is 1640 g/mol. The maximum atomic E-state index is 12.6. The fourth-order valence-corrected chi connectivity index (χ4v) is 18.0. The third kappa shape index (κ3) is 98.4. The van der Waals surface area contributed by atoms with Crippen LogP contribution < -0.4 is 0 Å². The van der Waals surface area contributed by atoms with E-state index in [-0.39, 0.29) is 76.3 Å². The molecule has 6 unspecified atom stereocenters. The van der Waals surface area contributed by atoms with Crippen LogP contribution in [0.25, 0.3) is 0 Å². The van der Waals surface area contributed by atoms with E-state index in [0.29, 0.717) is 33.0 Å². The number of carbonyl (C=O) groups excluding carboxylic acids is 6. The highest BCUT2D eigenvalue weighted by Gasteiger charge is 2.35. The lowest BCUT2D eigenvalue weighted by Gasteiger charge is -2.25. The molecule has 0 spiro atoms. The topological polar surface area (TPSA) is 420 Å². The third-order valence-corrected chi connectivity index (χ3v) is 24.6. The number of carboxylic acid groups (broad SMARTS) is 2. The summed E-state index contributed by atoms with van der Waals surface area (Å²) < 4.78 is 88.9. The molecule has 720 valence electrons. The zero-order valence-electron chi connectivity index (χ0n) is 78.9. The van der Waals surface area contributed by atoms with Gasteiger partial charge in [0.1, 0.15) is 16.8 Å². The Balaban J connectivity index is -0.000000475. The molecule has 0 aliphatic rings. The van der Waals surface area contributed by atoms with Crippen molar-refractivity contribution in [1.29, 1.82) is 0 Å². The number of hydrogen-bond acceptors (Lipinski definition) is 21. The quantitative estimate of drug-likeness (QED) is 0.0129. The molecule has 0 radical (unpaired) electrons. The standard InChI is InChI=1S/C25H49O6P.C22H43O7P.C18H35O7P.C13H25O6P.C12H26O/c1-7-9-10-11-12-13-14-15-16-17-20-29-23(26)19-18-22(21-32(6,28)30-8-2)24(27)31-25(3,4)5;1-5-6-7-8-9-10-11-12-13-14-17-28-20(23)16-15-19(18-30(25,26)27)21(24)29-22(2,3)4;1-2-3-4-5-6-7-8-9-10-11-14-25-17(19)13-12-16(18(20)21)15-26(22,23)24;1-6-18-20(5,17)9-10(7-8-11(14)15)12(16)19-13(2,3)4;1-2-3-4-5-6-7-8-9-10-11-12-13/h22H,7-21H2,1-6H3;19H,5-18H2,1-4H3,(H2,25,26,27);16H,2-15H2,1H3,(H,20,21)(H2,22,23,24);10H,6-9H2,1-5H3,(H,14,15);13H,2-12H2,1H3. The van der Waals surface area contributed by atoms with Crippen LogP contribution in [0.15, 0.2) is 0 Å². The first-order valence-electron chi connectivity index (χ1n) is 46.3. The maximum absolute atomic E-state index is 12.6. The van der Waals surface area contributed by atoms with Gasteiger partial charge in [-0.1, -0.05) is 259 Å². The van der Waals surface area contributed by atoms with E-state index in [9.17, 15) is 66.4 Å². The van der Waals surface area contributed by atoms with E-state index >= 15 is 0 Å². The molecule has 121 heavy (non-hydrogen) atoms. The second-order valence-corrected chi connectivity index (χ2v) is 44.0. The monoisotopic (exact) mass is 1820 g/mol. The summed E-state index contributed by atoms with van der Waals surface area (Å²) >= 11 is 0. The molecule has 0 fully saturated rings. The molecule has 0 aromatic rings. The van der Waals surface area contributed by atoms with Crippen LogP contribution in [0.2, 0.25) is 0 Å². The number of aliphatic carboxylic acids is 2. The molecule has 0 aliphatic carbocycles. The van der Waals surface area contributed by atoms with E-state index in [1.165, 1.54) is 212 Å². The van der Waals surface area contributed by atoms with E-state index in [0.717, 1.165) is 57.8 Å². The fraction of sp³-hybridized carbons (Fsp3) is 0.911. The molecule has 7 N–H and O–H groups in total. The Labute approximate surface area is 733 Å². The number of unbranched alkanes of at least 4 members (excludes halogenated alkanes) is 36. The zero-order chi connectivity index (χ0) is 93.1. The van der Waals surface area contributed by atoms with E-state index in [2.05, 4.69) is 27.7 Å². The summed E-state index contributed by atoms with van der Waals surface area (Å²) in [6, 6.07) is 0. The van der Waals surface area contributed by atoms with Crippen molar-refractivity contribution in [2.75, 3.05) is 77.6 Å². The number of carbonyl (C=O) groups is 8. The van der Waals surface area contributed by atoms with E-state index in [1.807, 2.05) is 0 Å². The van der Waals surface area contributed by atoms with Gasteiger partial charge in [-0.25, -0.2) is 0 Å². The normalized spacial score (nSPS) is 13.7. The van der Waals surface area contributed by atoms with Gasteiger partial charge in [0, 0.05) is 57.9 Å². The third-order valence-electron chi connectivity index (χ3n) is 19.0. The fourth-order valence-electron chi connectivity index (χ4n) is 12.6. The Bertz CT molecular complexity index is 2780. The lowest BCUT2D eigenvalue weighted by Crippen LogP contribution is -2.31. The van der Waals surface area contributed by atoms with Crippen LogP contribution in [0, 0.1) is 23.7 Å². The van der Waals surface area contributed by atoms with Gasteiger partial charge >= 0.3 is 62.9 Å². The molecular formula is C90H178O27P4. The van der Waals surface area contributed by atoms with Gasteiger partial charge in [-0.05, 0) is 128 Å². The van der Waals surface area contributed by atoms with Gasteiger partial charge in [-0.15, -0.1) is 0 Å². The highest BCUT2D eigenvalue weighted by Crippen LogP contribution is 2.47. The summed E-state index contributed by atoms with van der Waals surface area (Å²) in [6.07, 6.45) is 48.0. The molecule has 0 amide bonds. The first-order chi connectivity index (χ1) is 56.6. The Morgan fingerprint density at radius 2 is 0.504 bits per heavy atom. The Morgan fingerprint density at radius 1 is 0.298 bits per heavy atom. The van der Waals surface area contributed by atoms with Crippen molar-refractivity contribution < 1.29 is 129 Å². The minimum atomic E-state index is -4.42. The first-order valence-corrected chi connectivity index (χ1v) is 54.4. The van der Waals surface area contributed by atoms with Gasteiger partial charge in [-0.2, -0.15) is 0 Å². The van der Waals surface area contributed by atoms with Crippen molar-refractivity contribution >= 4 is 77.7 Å². The number of rotatable bonds is 71. The van der Waals surface area contributed by atoms with Gasteiger partial charge in [0.05, 0.1) is 69.0 Å². The van der Waals surface area contributed by atoms with Crippen LogP contribution >= 0.6 is 29.9 Å². The van der Waals surface area contributed by atoms with Crippen molar-refractivity contribution in [3.8, 4) is 0 Å². The van der Waals surface area contributed by atoms with Crippen molar-refractivity contribution in [3.63, 3.8) is 0 Å². The molecule has 0 rings (SSSR count). The van der Waals surface area contributed by atoms with Gasteiger partial charge in [0.2, 0.25) is 14.7 Å². The Kier molecular flexibility index (Phi) is 81.8. The van der Waals surface area contributed by atoms with E-state index in [1.54, 1.807) is 76.2 Å². The maximum Gasteiger partial charge on any atom is 0.326 e. The smallest absolute Gasteiger partial charge is 0.326 e. The molecule has 0 saturated carbocycles. The molecule has 31 heteroatoms. The van der Waals surface area contributed by atoms with E-state index < -0.39 is 125 Å². The summed E-state index contributed by atoms with van der Waals surface area (Å²) in [7, 11) is -14.7. The van der Waals surface area contributed by atoms with Gasteiger partial charge in [0.25, 0.3) is 0 Å². The lowest BCUT2D eigenvalue weighted by molar-refractivity contribution is -0.161. The number of carboxylic acids is 2. The second kappa shape index (κ2) is 78.6. The van der Waals surface area contributed by atoms with Crippen LogP contribution in [0.1, 0.15) is 412 Å². The van der Waals surface area contributed by atoms with Crippen LogP contribution in [0.3, 0.4) is 0 Å². The first kappa shape index (κ1) is 126. The molecule has 0 heterocycles. The molecule has 6 atom stereocenters. The highest BCUT2D eigenvalue weighted by atomic mass is 31.2. The predicted molar refractivity (Wildman–Crippen MR) is 485 cm³/mol. The molecule has 0 aromatic carbocycles. The molecule has 27 nitrogen and oxygen atoms in total. The van der Waals surface area contributed by atoms with Crippen molar-refractivity contribution in [2.45, 2.75) is 429 Å². The number of aliphatic hydroxyl groups is 1. The highest BCUT2D eigenvalue weighted by molar-refractivity contribution is 7.58. The summed E-state index contributed by atoms with van der Waals surface area (Å²) in [5.74, 6) is -8.92. The lowest BCUT2D eigenvalue weighted by atomic mass is 10.1. The van der Waals surface area contributed by atoms with Crippen LogP contribution in [-0.2, 0) is 94.1 Å². The van der Waals surface area contributed by atoms with Crippen molar-refractivity contribution in [1.82, 2.24) is 0 Å². The summed E-state index contributed by atoms with van der Waals surface area (Å²) in [6.45, 7) is 33.0. The number of ether oxygens (including phenoxy) is 6. The number of hydrogen-bond donors (Lipinski definition) is 7. The zero-order valence-corrected chi connectivity index (χ0v) is 82.5. The van der Waals surface area contributed by atoms with Gasteiger partial charge in [0.15, 0.2) is 0 Å². The summed E-state index contributed by atoms with van der Waals surface area (Å²) in [5, 5.41) is 26.2. The second-order valence-electron chi connectivity index (χ2n) is 35.3. The molecule has 0 bridgehead atoms. The van der Waals surface area contributed by atoms with Crippen LogP contribution in [0.4, 0.5) is 0 Å². The Morgan fingerprint density at radius 3 is 0.711 bits per heavy atom. The molecule has 0 aliphatic heterocycles. The average Bonchev–Trinajstić information content (AvgIpc) is 0.862. The summed E-state index contributed by atoms with van der Waals surface area (Å²) in [5.41, 5.74) is -2.07. The van der Waals surface area contributed by atoms with Crippen LogP contribution in [-0.4, -0.2) is 177 Å². The number of aliphatic hydroxyl groups excluding tert-OH is 1. The van der Waals surface area contributed by atoms with E-state index in [4.69, 9.17) is 62.6 Å². The van der Waals surface area contributed by atoms with Gasteiger partial charge in [-0.3, -0.25) is 56.6 Å². The van der Waals surface area contributed by atoms with Crippen LogP contribution in [0.5, 0.6) is 0 Å². The summed E-state index contributed by atoms with van der Waals surface area (Å²) in [4.78, 5) is 130. The number of esters is 6. The van der Waals surface area contributed by atoms with Crippen molar-refractivity contribution in [3.05, 3.63) is 0 Å². The van der Waals surface area contributed by atoms with Crippen molar-refractivity contribution in [2.24, 2.45) is 23.7 Å². The molecule has 0 saturated heterocycles. The van der Waals surface area contributed by atoms with Gasteiger partial charge < -0.3 is 72.4 Å². The molecule has 0 aromatic heterocycles. The predicted octanol–water partition coefficient (Wildman–Crippen LogP) is 23.3. The Hall–Kier alpha value is -3.60.